The number of H-pyrrole nitrogens is 1. The molecule has 0 amide bonds. The summed E-state index contributed by atoms with van der Waals surface area (Å²) in [5.41, 5.74) is -1.11. The van der Waals surface area contributed by atoms with Crippen LogP contribution in [0.2, 0.25) is 0 Å². The highest BCUT2D eigenvalue weighted by molar-refractivity contribution is 5.71. The molecule has 1 N–H and O–H groups in total. The van der Waals surface area contributed by atoms with Crippen LogP contribution in [0.3, 0.4) is 0 Å². The van der Waals surface area contributed by atoms with Crippen molar-refractivity contribution >= 4 is 11.7 Å². The molecule has 15 heavy (non-hydrogen) atoms. The molecule has 0 aliphatic carbocycles. The van der Waals surface area contributed by atoms with Gasteiger partial charge in [0, 0.05) is 11.8 Å². The van der Waals surface area contributed by atoms with E-state index >= 15 is 0 Å². The zero-order valence-corrected chi connectivity index (χ0v) is 7.85. The van der Waals surface area contributed by atoms with Crippen LogP contribution in [0.15, 0.2) is 16.9 Å². The lowest BCUT2D eigenvalue weighted by molar-refractivity contribution is -0.386. The van der Waals surface area contributed by atoms with Crippen molar-refractivity contribution in [3.63, 3.8) is 0 Å². The van der Waals surface area contributed by atoms with E-state index in [4.69, 9.17) is 0 Å². The van der Waals surface area contributed by atoms with Gasteiger partial charge in [-0.25, -0.2) is 0 Å². The Morgan fingerprint density at radius 2 is 2.27 bits per heavy atom. The zero-order chi connectivity index (χ0) is 11.4. The lowest BCUT2D eigenvalue weighted by Gasteiger charge is -1.98. The van der Waals surface area contributed by atoms with Crippen molar-refractivity contribution in [1.82, 2.24) is 4.98 Å². The molecule has 1 aromatic rings. The summed E-state index contributed by atoms with van der Waals surface area (Å²) >= 11 is 0. The molecule has 1 heterocycles. The highest BCUT2D eigenvalue weighted by Crippen LogP contribution is 2.03. The zero-order valence-electron chi connectivity index (χ0n) is 7.85. The van der Waals surface area contributed by atoms with Crippen LogP contribution in [0.4, 0.5) is 5.69 Å². The molecular weight excluding hydrogens is 204 g/mol. The predicted octanol–water partition coefficient (Wildman–Crippen LogP) is -0.00140. The van der Waals surface area contributed by atoms with E-state index in [1.165, 1.54) is 13.2 Å². The molecule has 0 aromatic carbocycles. The van der Waals surface area contributed by atoms with Crippen LogP contribution >= 0.6 is 0 Å². The number of aromatic nitrogens is 1. The first-order valence-electron chi connectivity index (χ1n) is 3.98. The first-order chi connectivity index (χ1) is 7.04. The molecule has 0 unspecified atom stereocenters. The molecule has 0 bridgehead atoms. The van der Waals surface area contributed by atoms with Gasteiger partial charge >= 0.3 is 17.2 Å². The first kappa shape index (κ1) is 10.9. The number of nitro groups is 1. The number of methoxy groups -OCH3 is 1. The maximum absolute atomic E-state index is 11.1. The highest BCUT2D eigenvalue weighted by atomic mass is 16.6. The Kier molecular flexibility index (Phi) is 3.17. The molecule has 0 saturated carbocycles. The molecular formula is C8H8N2O5. The van der Waals surface area contributed by atoms with Crippen molar-refractivity contribution in [3.8, 4) is 0 Å². The molecule has 0 radical (unpaired) electrons. The lowest BCUT2D eigenvalue weighted by Crippen LogP contribution is -2.15. The Balaban J connectivity index is 2.97. The quantitative estimate of drug-likeness (QED) is 0.431. The molecule has 0 spiro atoms. The Morgan fingerprint density at radius 1 is 1.60 bits per heavy atom. The first-order valence-corrected chi connectivity index (χ1v) is 3.98. The molecule has 7 nitrogen and oxygen atoms in total. The van der Waals surface area contributed by atoms with Crippen molar-refractivity contribution < 1.29 is 14.5 Å². The standard InChI is InChI=1S/C8H8N2O5/c1-15-7(11)4-5-2-3-6(10(13)14)8(12)9-5/h2-3H,4H2,1H3,(H,9,12). The van der Waals surface area contributed by atoms with Crippen molar-refractivity contribution in [2.75, 3.05) is 7.11 Å². The van der Waals surface area contributed by atoms with Crippen molar-refractivity contribution in [2.24, 2.45) is 0 Å². The number of hydrogen-bond donors (Lipinski definition) is 1. The second kappa shape index (κ2) is 4.36. The Labute approximate surface area is 83.8 Å². The van der Waals surface area contributed by atoms with Crippen molar-refractivity contribution in [2.45, 2.75) is 6.42 Å². The average molecular weight is 212 g/mol. The minimum atomic E-state index is -0.832. The van der Waals surface area contributed by atoms with Crippen LogP contribution in [-0.4, -0.2) is 23.0 Å². The van der Waals surface area contributed by atoms with Gasteiger partial charge in [0.15, 0.2) is 0 Å². The summed E-state index contributed by atoms with van der Waals surface area (Å²) in [5.74, 6) is -0.528. The Hall–Kier alpha value is -2.18. The lowest BCUT2D eigenvalue weighted by atomic mass is 10.2. The van der Waals surface area contributed by atoms with Gasteiger partial charge in [0.1, 0.15) is 0 Å². The minimum absolute atomic E-state index is 0.121. The minimum Gasteiger partial charge on any atom is -0.469 e. The summed E-state index contributed by atoms with van der Waals surface area (Å²) in [4.78, 5) is 33.7. The summed E-state index contributed by atoms with van der Waals surface area (Å²) in [6.07, 6.45) is -0.121. The number of aromatic amines is 1. The van der Waals surface area contributed by atoms with E-state index in [1.807, 2.05) is 0 Å². The Bertz CT molecular complexity index is 451. The van der Waals surface area contributed by atoms with Gasteiger partial charge < -0.3 is 9.72 Å². The van der Waals surface area contributed by atoms with Gasteiger partial charge in [-0.05, 0) is 6.07 Å². The van der Waals surface area contributed by atoms with Gasteiger partial charge in [-0.2, -0.15) is 0 Å². The smallest absolute Gasteiger partial charge is 0.333 e. The second-order valence-electron chi connectivity index (χ2n) is 2.71. The van der Waals surface area contributed by atoms with E-state index in [-0.39, 0.29) is 12.1 Å². The van der Waals surface area contributed by atoms with Gasteiger partial charge in [0.2, 0.25) is 0 Å². The molecule has 7 heteroatoms. The number of pyridine rings is 1. The predicted molar refractivity (Wildman–Crippen MR) is 49.4 cm³/mol. The van der Waals surface area contributed by atoms with Crippen LogP contribution in [0.25, 0.3) is 0 Å². The topological polar surface area (TPSA) is 102 Å². The molecule has 1 rings (SSSR count). The van der Waals surface area contributed by atoms with Gasteiger partial charge in [0.05, 0.1) is 18.5 Å². The van der Waals surface area contributed by atoms with E-state index in [2.05, 4.69) is 9.72 Å². The van der Waals surface area contributed by atoms with E-state index < -0.39 is 22.1 Å². The maximum Gasteiger partial charge on any atom is 0.333 e. The third-order valence-electron chi connectivity index (χ3n) is 1.71. The maximum atomic E-state index is 11.1. The van der Waals surface area contributed by atoms with Crippen LogP contribution in [0.1, 0.15) is 5.69 Å². The van der Waals surface area contributed by atoms with Crippen LogP contribution in [-0.2, 0) is 16.0 Å². The van der Waals surface area contributed by atoms with Crippen molar-refractivity contribution in [1.29, 1.82) is 0 Å². The summed E-state index contributed by atoms with van der Waals surface area (Å²) in [6.45, 7) is 0. The third-order valence-corrected chi connectivity index (χ3v) is 1.71. The molecule has 1 aromatic heterocycles. The number of esters is 1. The van der Waals surface area contributed by atoms with E-state index in [0.717, 1.165) is 6.07 Å². The van der Waals surface area contributed by atoms with E-state index in [1.54, 1.807) is 0 Å². The van der Waals surface area contributed by atoms with Gasteiger partial charge in [-0.1, -0.05) is 0 Å². The number of hydrogen-bond acceptors (Lipinski definition) is 5. The highest BCUT2D eigenvalue weighted by Gasteiger charge is 2.12. The number of nitrogens with zero attached hydrogens (tertiary/aromatic N) is 1. The number of carbonyl (C=O) groups excluding carboxylic acids is 1. The SMILES string of the molecule is COC(=O)Cc1ccc([N+](=O)[O-])c(=O)[nH]1. The van der Waals surface area contributed by atoms with Crippen molar-refractivity contribution in [3.05, 3.63) is 38.3 Å². The summed E-state index contributed by atoms with van der Waals surface area (Å²) in [5, 5.41) is 10.3. The average Bonchev–Trinajstić information content (AvgIpc) is 2.17. The summed E-state index contributed by atoms with van der Waals surface area (Å²) in [6, 6.07) is 2.35. The molecule has 0 aliphatic rings. The fraction of sp³-hybridized carbons (Fsp3) is 0.250. The van der Waals surface area contributed by atoms with Gasteiger partial charge in [0.25, 0.3) is 0 Å². The van der Waals surface area contributed by atoms with E-state index in [9.17, 15) is 19.7 Å². The monoisotopic (exact) mass is 212 g/mol. The second-order valence-corrected chi connectivity index (χ2v) is 2.71. The van der Waals surface area contributed by atoms with Crippen LogP contribution in [0.5, 0.6) is 0 Å². The molecule has 0 fully saturated rings. The molecule has 0 saturated heterocycles. The Morgan fingerprint density at radius 3 is 2.73 bits per heavy atom. The van der Waals surface area contributed by atoms with Gasteiger partial charge in [-0.3, -0.25) is 19.7 Å². The van der Waals surface area contributed by atoms with Gasteiger partial charge in [-0.15, -0.1) is 0 Å². The fourth-order valence-corrected chi connectivity index (χ4v) is 0.981. The number of rotatable bonds is 3. The molecule has 80 valence electrons. The molecule has 0 aliphatic heterocycles. The largest absolute Gasteiger partial charge is 0.469 e. The number of nitrogens with one attached hydrogen (secondary N) is 1. The van der Waals surface area contributed by atoms with E-state index in [0.29, 0.717) is 0 Å². The summed E-state index contributed by atoms with van der Waals surface area (Å²) < 4.78 is 4.38. The van der Waals surface area contributed by atoms with Crippen LogP contribution < -0.4 is 5.56 Å². The fourth-order valence-electron chi connectivity index (χ4n) is 0.981. The molecule has 0 atom stereocenters. The normalized spacial score (nSPS) is 9.67. The number of ether oxygens (including phenoxy) is 1. The number of carbonyl (C=O) groups is 1. The van der Waals surface area contributed by atoms with Crippen LogP contribution in [0, 0.1) is 10.1 Å². The third kappa shape index (κ3) is 2.63. The summed E-state index contributed by atoms with van der Waals surface area (Å²) in [7, 11) is 1.21.